The largest absolute Gasteiger partial charge is 0.384 e. The second kappa shape index (κ2) is 3.64. The first-order chi connectivity index (χ1) is 5.92. The minimum absolute atomic E-state index is 0.748. The number of fused-ring (bicyclic) bond motifs is 1. The number of alkyl halides is 1. The average Bonchev–Trinajstić information content (AvgIpc) is 2.50. The van der Waals surface area contributed by atoms with Crippen LogP contribution in [0.5, 0.6) is 0 Å². The SMILES string of the molecule is ICCC1CNc2ccccc21. The first-order valence-electron chi connectivity index (χ1n) is 4.30. The lowest BCUT2D eigenvalue weighted by Gasteiger charge is -2.06. The highest BCUT2D eigenvalue weighted by Crippen LogP contribution is 2.33. The van der Waals surface area contributed by atoms with Gasteiger partial charge in [-0.25, -0.2) is 0 Å². The fraction of sp³-hybridized carbons (Fsp3) is 0.400. The van der Waals surface area contributed by atoms with Crippen LogP contribution in [0.1, 0.15) is 17.9 Å². The lowest BCUT2D eigenvalue weighted by atomic mass is 9.99. The van der Waals surface area contributed by atoms with Crippen molar-refractivity contribution in [2.75, 3.05) is 16.3 Å². The van der Waals surface area contributed by atoms with E-state index in [0.717, 1.165) is 12.5 Å². The summed E-state index contributed by atoms with van der Waals surface area (Å²) in [4.78, 5) is 0. The van der Waals surface area contributed by atoms with Crippen molar-refractivity contribution < 1.29 is 0 Å². The molecule has 2 rings (SSSR count). The van der Waals surface area contributed by atoms with Crippen molar-refractivity contribution in [1.82, 2.24) is 0 Å². The molecule has 0 fully saturated rings. The van der Waals surface area contributed by atoms with Crippen molar-refractivity contribution in [3.63, 3.8) is 0 Å². The molecule has 0 aromatic heterocycles. The second-order valence-electron chi connectivity index (χ2n) is 3.14. The second-order valence-corrected chi connectivity index (χ2v) is 4.22. The molecular weight excluding hydrogens is 261 g/mol. The molecule has 0 saturated heterocycles. The molecule has 1 aliphatic rings. The Balaban J connectivity index is 2.24. The Hall–Kier alpha value is -0.250. The third kappa shape index (κ3) is 1.44. The summed E-state index contributed by atoms with van der Waals surface area (Å²) >= 11 is 2.45. The van der Waals surface area contributed by atoms with Crippen LogP contribution in [0.15, 0.2) is 24.3 Å². The van der Waals surface area contributed by atoms with Gasteiger partial charge in [-0.05, 0) is 18.1 Å². The topological polar surface area (TPSA) is 12.0 Å². The number of hydrogen-bond acceptors (Lipinski definition) is 1. The lowest BCUT2D eigenvalue weighted by Crippen LogP contribution is -2.01. The van der Waals surface area contributed by atoms with Gasteiger partial charge in [-0.2, -0.15) is 0 Å². The fourth-order valence-corrected chi connectivity index (χ4v) is 2.50. The summed E-state index contributed by atoms with van der Waals surface area (Å²) in [7, 11) is 0. The van der Waals surface area contributed by atoms with Gasteiger partial charge in [0.15, 0.2) is 0 Å². The van der Waals surface area contributed by atoms with Crippen molar-refractivity contribution in [3.05, 3.63) is 29.8 Å². The molecule has 1 heterocycles. The van der Waals surface area contributed by atoms with E-state index in [4.69, 9.17) is 0 Å². The molecule has 0 radical (unpaired) electrons. The predicted octanol–water partition coefficient (Wildman–Crippen LogP) is 3.02. The van der Waals surface area contributed by atoms with E-state index in [1.54, 1.807) is 0 Å². The molecule has 1 aliphatic heterocycles. The van der Waals surface area contributed by atoms with Gasteiger partial charge in [-0.1, -0.05) is 40.8 Å². The van der Waals surface area contributed by atoms with Crippen molar-refractivity contribution in [2.45, 2.75) is 12.3 Å². The van der Waals surface area contributed by atoms with Gasteiger partial charge in [-0.15, -0.1) is 0 Å². The van der Waals surface area contributed by atoms with Crippen LogP contribution in [-0.4, -0.2) is 11.0 Å². The molecule has 0 bridgehead atoms. The summed E-state index contributed by atoms with van der Waals surface area (Å²) in [5.41, 5.74) is 2.85. The zero-order chi connectivity index (χ0) is 8.39. The maximum absolute atomic E-state index is 3.43. The molecule has 12 heavy (non-hydrogen) atoms. The molecular formula is C10H12IN. The van der Waals surface area contributed by atoms with Crippen LogP contribution in [0.3, 0.4) is 0 Å². The number of nitrogens with one attached hydrogen (secondary N) is 1. The average molecular weight is 273 g/mol. The molecule has 0 amide bonds. The predicted molar refractivity (Wildman–Crippen MR) is 61.2 cm³/mol. The molecule has 1 N–H and O–H groups in total. The first kappa shape index (κ1) is 8.35. The van der Waals surface area contributed by atoms with Crippen LogP contribution >= 0.6 is 22.6 Å². The van der Waals surface area contributed by atoms with Crippen molar-refractivity contribution in [2.24, 2.45) is 0 Å². The molecule has 1 atom stereocenters. The molecule has 0 aliphatic carbocycles. The van der Waals surface area contributed by atoms with Gasteiger partial charge in [0.05, 0.1) is 0 Å². The number of hydrogen-bond donors (Lipinski definition) is 1. The van der Waals surface area contributed by atoms with E-state index in [2.05, 4.69) is 52.2 Å². The summed E-state index contributed by atoms with van der Waals surface area (Å²) in [6.07, 6.45) is 1.30. The fourth-order valence-electron chi connectivity index (χ4n) is 1.75. The minimum Gasteiger partial charge on any atom is -0.384 e. The van der Waals surface area contributed by atoms with Crippen LogP contribution in [0.2, 0.25) is 0 Å². The number of benzene rings is 1. The molecule has 1 unspecified atom stereocenters. The quantitative estimate of drug-likeness (QED) is 0.645. The Morgan fingerprint density at radius 1 is 1.42 bits per heavy atom. The zero-order valence-electron chi connectivity index (χ0n) is 6.89. The van der Waals surface area contributed by atoms with Crippen LogP contribution in [0.4, 0.5) is 5.69 Å². The molecule has 1 aromatic rings. The number of para-hydroxylation sites is 1. The van der Waals surface area contributed by atoms with E-state index in [1.807, 2.05) is 0 Å². The van der Waals surface area contributed by atoms with Gasteiger partial charge in [-0.3, -0.25) is 0 Å². The summed E-state index contributed by atoms with van der Waals surface area (Å²) < 4.78 is 1.25. The molecule has 0 saturated carbocycles. The Bertz CT molecular complexity index is 270. The Kier molecular flexibility index (Phi) is 2.54. The van der Waals surface area contributed by atoms with Gasteiger partial charge in [0.25, 0.3) is 0 Å². The van der Waals surface area contributed by atoms with E-state index in [0.29, 0.717) is 0 Å². The Morgan fingerprint density at radius 3 is 3.08 bits per heavy atom. The highest BCUT2D eigenvalue weighted by molar-refractivity contribution is 14.1. The van der Waals surface area contributed by atoms with Gasteiger partial charge < -0.3 is 5.32 Å². The van der Waals surface area contributed by atoms with Crippen LogP contribution in [0, 0.1) is 0 Å². The number of anilines is 1. The number of rotatable bonds is 2. The standard InChI is InChI=1S/C10H12IN/c11-6-5-8-7-12-10-4-2-1-3-9(8)10/h1-4,8,12H,5-7H2. The summed E-state index contributed by atoms with van der Waals surface area (Å²) in [5, 5.41) is 3.43. The third-order valence-corrected chi connectivity index (χ3v) is 3.02. The van der Waals surface area contributed by atoms with Gasteiger partial charge in [0.2, 0.25) is 0 Å². The zero-order valence-corrected chi connectivity index (χ0v) is 9.04. The van der Waals surface area contributed by atoms with Gasteiger partial charge >= 0.3 is 0 Å². The summed E-state index contributed by atoms with van der Waals surface area (Å²) in [6, 6.07) is 8.64. The maximum atomic E-state index is 3.43. The smallest absolute Gasteiger partial charge is 0.0376 e. The molecule has 64 valence electrons. The van der Waals surface area contributed by atoms with Gasteiger partial charge in [0, 0.05) is 22.6 Å². The minimum atomic E-state index is 0.748. The maximum Gasteiger partial charge on any atom is 0.0376 e. The summed E-state index contributed by atoms with van der Waals surface area (Å²) in [5.74, 6) is 0.748. The van der Waals surface area contributed by atoms with Crippen LogP contribution in [-0.2, 0) is 0 Å². The number of halogens is 1. The highest BCUT2D eigenvalue weighted by atomic mass is 127. The summed E-state index contributed by atoms with van der Waals surface area (Å²) in [6.45, 7) is 1.13. The van der Waals surface area contributed by atoms with E-state index in [-0.39, 0.29) is 0 Å². The highest BCUT2D eigenvalue weighted by Gasteiger charge is 2.19. The van der Waals surface area contributed by atoms with E-state index >= 15 is 0 Å². The third-order valence-electron chi connectivity index (χ3n) is 2.40. The molecule has 1 nitrogen and oxygen atoms in total. The van der Waals surface area contributed by atoms with E-state index in [1.165, 1.54) is 22.1 Å². The molecule has 2 heteroatoms. The normalized spacial score (nSPS) is 20.2. The van der Waals surface area contributed by atoms with Crippen molar-refractivity contribution >= 4 is 28.3 Å². The van der Waals surface area contributed by atoms with Crippen molar-refractivity contribution in [3.8, 4) is 0 Å². The van der Waals surface area contributed by atoms with Gasteiger partial charge in [0.1, 0.15) is 0 Å². The van der Waals surface area contributed by atoms with Crippen LogP contribution in [0.25, 0.3) is 0 Å². The lowest BCUT2D eigenvalue weighted by molar-refractivity contribution is 0.741. The van der Waals surface area contributed by atoms with E-state index < -0.39 is 0 Å². The Morgan fingerprint density at radius 2 is 2.25 bits per heavy atom. The molecule has 0 spiro atoms. The first-order valence-corrected chi connectivity index (χ1v) is 5.83. The molecule has 1 aromatic carbocycles. The van der Waals surface area contributed by atoms with E-state index in [9.17, 15) is 0 Å². The van der Waals surface area contributed by atoms with Crippen LogP contribution < -0.4 is 5.32 Å². The Labute approximate surface area is 86.7 Å². The monoisotopic (exact) mass is 273 g/mol. The van der Waals surface area contributed by atoms with Crippen molar-refractivity contribution in [1.29, 1.82) is 0 Å².